The molecule has 3 aromatic heterocycles. The quantitative estimate of drug-likeness (QED) is 0.475. The molecule has 7 nitrogen and oxygen atoms in total. The number of nitrogens with one attached hydrogen (secondary N) is 1. The molecule has 30 heavy (non-hydrogen) atoms. The highest BCUT2D eigenvalue weighted by molar-refractivity contribution is 8.00. The van der Waals surface area contributed by atoms with Gasteiger partial charge in [0.2, 0.25) is 5.91 Å². The van der Waals surface area contributed by atoms with Crippen molar-refractivity contribution in [1.82, 2.24) is 24.7 Å². The highest BCUT2D eigenvalue weighted by atomic mass is 32.2. The molecule has 1 N–H and O–H groups in total. The number of rotatable bonds is 6. The Kier molecular flexibility index (Phi) is 5.85. The van der Waals surface area contributed by atoms with Gasteiger partial charge in [0.05, 0.1) is 17.1 Å². The highest BCUT2D eigenvalue weighted by Crippen LogP contribution is 2.30. The fraction of sp³-hybridized carbons (Fsp3) is 0.136. The fourth-order valence-corrected chi connectivity index (χ4v) is 3.71. The molecule has 0 saturated carbocycles. The van der Waals surface area contributed by atoms with Crippen molar-refractivity contribution in [3.8, 4) is 17.1 Å². The molecule has 0 fully saturated rings. The second-order valence-corrected chi connectivity index (χ2v) is 8.02. The van der Waals surface area contributed by atoms with Gasteiger partial charge in [-0.05, 0) is 50.2 Å². The molecular formula is C22H20N6OS. The molecule has 4 rings (SSSR count). The Labute approximate surface area is 178 Å². The zero-order valence-corrected chi connectivity index (χ0v) is 17.4. The molecule has 0 radical (unpaired) electrons. The maximum atomic E-state index is 12.7. The molecule has 4 aromatic rings. The normalized spacial score (nSPS) is 11.8. The molecule has 3 heterocycles. The zero-order valence-electron chi connectivity index (χ0n) is 16.6. The van der Waals surface area contributed by atoms with Gasteiger partial charge >= 0.3 is 0 Å². The van der Waals surface area contributed by atoms with E-state index in [1.807, 2.05) is 54.8 Å². The van der Waals surface area contributed by atoms with Crippen LogP contribution in [0.3, 0.4) is 0 Å². The molecule has 1 atom stereocenters. The Morgan fingerprint density at radius 3 is 2.40 bits per heavy atom. The largest absolute Gasteiger partial charge is 0.324 e. The summed E-state index contributed by atoms with van der Waals surface area (Å²) in [6, 6.07) is 15.5. The average molecular weight is 417 g/mol. The van der Waals surface area contributed by atoms with Crippen LogP contribution in [-0.2, 0) is 4.79 Å². The molecule has 0 bridgehead atoms. The SMILES string of the molecule is Cc1ccc(-n2c(SC(C)C(=O)Nc3cccnc3)nnc2-c2cccnc2)cc1. The van der Waals surface area contributed by atoms with E-state index in [4.69, 9.17) is 0 Å². The summed E-state index contributed by atoms with van der Waals surface area (Å²) >= 11 is 1.35. The summed E-state index contributed by atoms with van der Waals surface area (Å²) in [6.45, 7) is 3.88. The Balaban J connectivity index is 1.65. The minimum Gasteiger partial charge on any atom is -0.324 e. The monoisotopic (exact) mass is 416 g/mol. The molecular weight excluding hydrogens is 396 g/mol. The van der Waals surface area contributed by atoms with Crippen LogP contribution in [0, 0.1) is 6.92 Å². The number of carbonyl (C=O) groups excluding carboxylic acids is 1. The number of carbonyl (C=O) groups is 1. The van der Waals surface area contributed by atoms with Crippen molar-refractivity contribution in [2.24, 2.45) is 0 Å². The lowest BCUT2D eigenvalue weighted by Gasteiger charge is -2.14. The van der Waals surface area contributed by atoms with E-state index in [1.165, 1.54) is 11.8 Å². The number of aryl methyl sites for hydroxylation is 1. The van der Waals surface area contributed by atoms with Crippen molar-refractivity contribution in [3.63, 3.8) is 0 Å². The highest BCUT2D eigenvalue weighted by Gasteiger charge is 2.22. The molecule has 1 unspecified atom stereocenters. The van der Waals surface area contributed by atoms with Gasteiger partial charge in [-0.1, -0.05) is 29.5 Å². The number of hydrogen-bond donors (Lipinski definition) is 1. The van der Waals surface area contributed by atoms with Crippen molar-refractivity contribution in [3.05, 3.63) is 78.9 Å². The first-order chi connectivity index (χ1) is 14.6. The van der Waals surface area contributed by atoms with E-state index >= 15 is 0 Å². The molecule has 8 heteroatoms. The van der Waals surface area contributed by atoms with Gasteiger partial charge in [0.15, 0.2) is 11.0 Å². The van der Waals surface area contributed by atoms with Crippen LogP contribution in [0.2, 0.25) is 0 Å². The lowest BCUT2D eigenvalue weighted by atomic mass is 10.2. The average Bonchev–Trinajstić information content (AvgIpc) is 3.19. The van der Waals surface area contributed by atoms with Crippen LogP contribution in [0.1, 0.15) is 12.5 Å². The Hall–Kier alpha value is -3.52. The van der Waals surface area contributed by atoms with Gasteiger partial charge < -0.3 is 5.32 Å². The summed E-state index contributed by atoms with van der Waals surface area (Å²) in [5, 5.41) is 11.9. The Morgan fingerprint density at radius 1 is 1.00 bits per heavy atom. The van der Waals surface area contributed by atoms with Crippen LogP contribution in [0.15, 0.2) is 78.5 Å². The van der Waals surface area contributed by atoms with Gasteiger partial charge in [-0.15, -0.1) is 10.2 Å². The summed E-state index contributed by atoms with van der Waals surface area (Å²) in [6.07, 6.45) is 6.75. The lowest BCUT2D eigenvalue weighted by molar-refractivity contribution is -0.115. The van der Waals surface area contributed by atoms with E-state index in [0.717, 1.165) is 16.8 Å². The van der Waals surface area contributed by atoms with Crippen molar-refractivity contribution in [2.45, 2.75) is 24.3 Å². The van der Waals surface area contributed by atoms with Crippen LogP contribution in [0.4, 0.5) is 5.69 Å². The number of aromatic nitrogens is 5. The predicted octanol–water partition coefficient (Wildman–Crippen LogP) is 4.15. The molecule has 0 saturated heterocycles. The zero-order chi connectivity index (χ0) is 20.9. The number of amides is 1. The van der Waals surface area contributed by atoms with Crippen LogP contribution in [-0.4, -0.2) is 35.9 Å². The molecule has 0 spiro atoms. The lowest BCUT2D eigenvalue weighted by Crippen LogP contribution is -2.23. The Bertz CT molecular complexity index is 1130. The number of benzene rings is 1. The van der Waals surface area contributed by atoms with Gasteiger partial charge in [-0.3, -0.25) is 19.3 Å². The summed E-state index contributed by atoms with van der Waals surface area (Å²) in [7, 11) is 0. The summed E-state index contributed by atoms with van der Waals surface area (Å²) in [4.78, 5) is 20.9. The van der Waals surface area contributed by atoms with Gasteiger partial charge in [-0.2, -0.15) is 0 Å². The molecule has 0 aliphatic carbocycles. The van der Waals surface area contributed by atoms with Crippen LogP contribution >= 0.6 is 11.8 Å². The fourth-order valence-electron chi connectivity index (χ4n) is 2.85. The number of hydrogen-bond acceptors (Lipinski definition) is 6. The van der Waals surface area contributed by atoms with E-state index < -0.39 is 0 Å². The first-order valence-corrected chi connectivity index (χ1v) is 10.3. The number of pyridine rings is 2. The molecule has 0 aliphatic rings. The maximum absolute atomic E-state index is 12.7. The smallest absolute Gasteiger partial charge is 0.237 e. The third-order valence-corrected chi connectivity index (χ3v) is 5.47. The number of thioether (sulfide) groups is 1. The molecule has 150 valence electrons. The van der Waals surface area contributed by atoms with Crippen molar-refractivity contribution in [2.75, 3.05) is 5.32 Å². The second-order valence-electron chi connectivity index (χ2n) is 6.71. The summed E-state index contributed by atoms with van der Waals surface area (Å²) < 4.78 is 1.95. The topological polar surface area (TPSA) is 85.6 Å². The second kappa shape index (κ2) is 8.87. The van der Waals surface area contributed by atoms with Crippen LogP contribution in [0.5, 0.6) is 0 Å². The van der Waals surface area contributed by atoms with E-state index in [2.05, 4.69) is 25.5 Å². The first kappa shape index (κ1) is 19.8. The van der Waals surface area contributed by atoms with Gasteiger partial charge in [-0.25, -0.2) is 0 Å². The van der Waals surface area contributed by atoms with Crippen molar-refractivity contribution >= 4 is 23.4 Å². The van der Waals surface area contributed by atoms with Gasteiger partial charge in [0.1, 0.15) is 0 Å². The number of nitrogens with zero attached hydrogens (tertiary/aromatic N) is 5. The maximum Gasteiger partial charge on any atom is 0.237 e. The van der Waals surface area contributed by atoms with E-state index in [0.29, 0.717) is 16.7 Å². The predicted molar refractivity (Wildman–Crippen MR) is 118 cm³/mol. The van der Waals surface area contributed by atoms with E-state index in [-0.39, 0.29) is 11.2 Å². The van der Waals surface area contributed by atoms with E-state index in [9.17, 15) is 4.79 Å². The molecule has 0 aliphatic heterocycles. The van der Waals surface area contributed by atoms with Crippen molar-refractivity contribution < 1.29 is 4.79 Å². The summed E-state index contributed by atoms with van der Waals surface area (Å²) in [5.41, 5.74) is 3.59. The third-order valence-electron chi connectivity index (χ3n) is 4.43. The number of anilines is 1. The van der Waals surface area contributed by atoms with E-state index in [1.54, 1.807) is 36.9 Å². The molecule has 1 aromatic carbocycles. The standard InChI is InChI=1S/C22H20N6OS/c1-15-7-9-19(10-8-15)28-20(17-5-3-11-23-13-17)26-27-22(28)30-16(2)21(29)25-18-6-4-12-24-14-18/h3-14,16H,1-2H3,(H,25,29). The first-order valence-electron chi connectivity index (χ1n) is 9.42. The van der Waals surface area contributed by atoms with Gasteiger partial charge in [0.25, 0.3) is 0 Å². The molecule has 1 amide bonds. The summed E-state index contributed by atoms with van der Waals surface area (Å²) in [5.74, 6) is 0.545. The van der Waals surface area contributed by atoms with Gasteiger partial charge in [0, 0.05) is 29.8 Å². The van der Waals surface area contributed by atoms with Crippen LogP contribution < -0.4 is 5.32 Å². The minimum absolute atomic E-state index is 0.130. The van der Waals surface area contributed by atoms with Crippen molar-refractivity contribution in [1.29, 1.82) is 0 Å². The van der Waals surface area contributed by atoms with Crippen LogP contribution in [0.25, 0.3) is 17.1 Å². The third kappa shape index (κ3) is 4.38. The minimum atomic E-state index is -0.389. The Morgan fingerprint density at radius 2 is 1.73 bits per heavy atom.